The minimum absolute atomic E-state index is 0.120. The molecule has 0 bridgehead atoms. The molecule has 2 aromatic carbocycles. The predicted octanol–water partition coefficient (Wildman–Crippen LogP) is 4.04. The second-order valence-corrected chi connectivity index (χ2v) is 8.13. The van der Waals surface area contributed by atoms with E-state index in [0.29, 0.717) is 5.69 Å². The van der Waals surface area contributed by atoms with E-state index >= 15 is 0 Å². The Hall–Kier alpha value is -1.44. The van der Waals surface area contributed by atoms with Gasteiger partial charge in [-0.1, -0.05) is 27.5 Å². The lowest BCUT2D eigenvalue weighted by molar-refractivity contribution is -0.115. The molecule has 0 heterocycles. The number of benzene rings is 2. The van der Waals surface area contributed by atoms with Crippen LogP contribution in [0.1, 0.15) is 6.42 Å². The van der Waals surface area contributed by atoms with Crippen molar-refractivity contribution in [3.05, 3.63) is 57.8 Å². The Balaban J connectivity index is 1.98. The van der Waals surface area contributed by atoms with Gasteiger partial charge in [-0.3, -0.25) is 4.79 Å². The summed E-state index contributed by atoms with van der Waals surface area (Å²) in [6.45, 7) is 0. The number of halogens is 3. The molecule has 0 fully saturated rings. The second kappa shape index (κ2) is 7.42. The van der Waals surface area contributed by atoms with Crippen molar-refractivity contribution in [3.8, 4) is 0 Å². The van der Waals surface area contributed by atoms with Gasteiger partial charge >= 0.3 is 0 Å². The molecule has 122 valence electrons. The molecule has 0 aromatic heterocycles. The van der Waals surface area contributed by atoms with Gasteiger partial charge in [0.25, 0.3) is 0 Å². The summed E-state index contributed by atoms with van der Waals surface area (Å²) >= 11 is 8.84. The van der Waals surface area contributed by atoms with Crippen molar-refractivity contribution in [2.75, 3.05) is 11.1 Å². The molecule has 0 unspecified atom stereocenters. The third-order valence-corrected chi connectivity index (χ3v) is 5.52. The van der Waals surface area contributed by atoms with Gasteiger partial charge in [0.15, 0.2) is 9.84 Å². The van der Waals surface area contributed by atoms with E-state index in [1.807, 2.05) is 0 Å². The zero-order valence-corrected chi connectivity index (χ0v) is 14.9. The lowest BCUT2D eigenvalue weighted by atomic mass is 10.3. The van der Waals surface area contributed by atoms with Gasteiger partial charge in [-0.15, -0.1) is 0 Å². The molecule has 2 rings (SSSR count). The Morgan fingerprint density at radius 2 is 1.83 bits per heavy atom. The first-order valence-electron chi connectivity index (χ1n) is 6.51. The molecule has 0 saturated heterocycles. The van der Waals surface area contributed by atoms with Crippen LogP contribution in [0, 0.1) is 5.82 Å². The Morgan fingerprint density at radius 3 is 2.43 bits per heavy atom. The van der Waals surface area contributed by atoms with E-state index in [1.54, 1.807) is 12.1 Å². The quantitative estimate of drug-likeness (QED) is 0.794. The van der Waals surface area contributed by atoms with Crippen LogP contribution in [-0.4, -0.2) is 20.1 Å². The van der Waals surface area contributed by atoms with Crippen LogP contribution in [0.5, 0.6) is 0 Å². The van der Waals surface area contributed by atoms with Gasteiger partial charge in [0.1, 0.15) is 5.82 Å². The minimum Gasteiger partial charge on any atom is -0.326 e. The second-order valence-electron chi connectivity index (χ2n) is 4.70. The molecule has 1 N–H and O–H groups in total. The Morgan fingerprint density at radius 1 is 1.17 bits per heavy atom. The number of hydrogen-bond acceptors (Lipinski definition) is 3. The fourth-order valence-corrected chi connectivity index (χ4v) is 3.47. The minimum atomic E-state index is -3.55. The molecule has 1 amide bonds. The van der Waals surface area contributed by atoms with Crippen LogP contribution in [0.15, 0.2) is 51.8 Å². The van der Waals surface area contributed by atoms with Gasteiger partial charge < -0.3 is 5.32 Å². The van der Waals surface area contributed by atoms with Gasteiger partial charge in [0, 0.05) is 16.6 Å². The van der Waals surface area contributed by atoms with E-state index in [-0.39, 0.29) is 22.1 Å². The molecular weight excluding hydrogens is 409 g/mol. The van der Waals surface area contributed by atoms with E-state index in [4.69, 9.17) is 11.6 Å². The monoisotopic (exact) mass is 419 g/mol. The molecule has 0 aliphatic heterocycles. The van der Waals surface area contributed by atoms with Crippen LogP contribution < -0.4 is 5.32 Å². The molecule has 23 heavy (non-hydrogen) atoms. The number of carbonyl (C=O) groups is 1. The number of hydrogen-bond donors (Lipinski definition) is 1. The van der Waals surface area contributed by atoms with Crippen LogP contribution in [0.4, 0.5) is 10.1 Å². The van der Waals surface area contributed by atoms with Gasteiger partial charge in [0.2, 0.25) is 5.91 Å². The van der Waals surface area contributed by atoms with Gasteiger partial charge in [-0.2, -0.15) is 0 Å². The smallest absolute Gasteiger partial charge is 0.225 e. The highest BCUT2D eigenvalue weighted by Crippen LogP contribution is 2.20. The molecule has 8 heteroatoms. The molecule has 0 saturated carbocycles. The molecule has 0 aliphatic rings. The number of nitrogens with one attached hydrogen (secondary N) is 1. The highest BCUT2D eigenvalue weighted by molar-refractivity contribution is 9.10. The maximum Gasteiger partial charge on any atom is 0.225 e. The first kappa shape index (κ1) is 17.9. The average molecular weight is 421 g/mol. The first-order valence-corrected chi connectivity index (χ1v) is 9.33. The molecule has 0 aliphatic carbocycles. The normalized spacial score (nSPS) is 11.3. The molecule has 4 nitrogen and oxygen atoms in total. The highest BCUT2D eigenvalue weighted by Gasteiger charge is 2.16. The number of amides is 1. The van der Waals surface area contributed by atoms with Crippen LogP contribution >= 0.6 is 27.5 Å². The van der Waals surface area contributed by atoms with E-state index in [0.717, 1.165) is 10.5 Å². The van der Waals surface area contributed by atoms with Crippen molar-refractivity contribution < 1.29 is 17.6 Å². The van der Waals surface area contributed by atoms with Crippen LogP contribution in [0.2, 0.25) is 5.02 Å². The van der Waals surface area contributed by atoms with E-state index < -0.39 is 21.6 Å². The Bertz CT molecular complexity index is 825. The van der Waals surface area contributed by atoms with Crippen LogP contribution in [-0.2, 0) is 14.6 Å². The van der Waals surface area contributed by atoms with E-state index in [1.165, 1.54) is 24.3 Å². The summed E-state index contributed by atoms with van der Waals surface area (Å²) in [7, 11) is -3.55. The number of rotatable bonds is 5. The fourth-order valence-electron chi connectivity index (χ4n) is 1.78. The van der Waals surface area contributed by atoms with E-state index in [2.05, 4.69) is 21.2 Å². The third-order valence-electron chi connectivity index (χ3n) is 2.97. The standard InChI is InChI=1S/C15H12BrClFNO3S/c16-10-1-4-12(5-2-10)23(21,22)8-7-15(20)19-11-3-6-14(18)13(17)9-11/h1-6,9H,7-8H2,(H,19,20). The highest BCUT2D eigenvalue weighted by atomic mass is 79.9. The first-order chi connectivity index (χ1) is 10.8. The Labute approximate surface area is 146 Å². The van der Waals surface area contributed by atoms with Crippen molar-refractivity contribution in [3.63, 3.8) is 0 Å². The maximum absolute atomic E-state index is 13.0. The lowest BCUT2D eigenvalue weighted by Gasteiger charge is -2.07. The zero-order valence-electron chi connectivity index (χ0n) is 11.7. The molecule has 0 spiro atoms. The SMILES string of the molecule is O=C(CCS(=O)(=O)c1ccc(Br)cc1)Nc1ccc(F)c(Cl)c1. The largest absolute Gasteiger partial charge is 0.326 e. The summed E-state index contributed by atoms with van der Waals surface area (Å²) < 4.78 is 38.1. The fraction of sp³-hybridized carbons (Fsp3) is 0.133. The van der Waals surface area contributed by atoms with Crippen molar-refractivity contribution in [1.29, 1.82) is 0 Å². The summed E-state index contributed by atoms with van der Waals surface area (Å²) in [6.07, 6.45) is -0.215. The molecular formula is C15H12BrClFNO3S. The van der Waals surface area contributed by atoms with Gasteiger partial charge in [-0.05, 0) is 42.5 Å². The van der Waals surface area contributed by atoms with Crippen molar-refractivity contribution in [2.45, 2.75) is 11.3 Å². The number of carbonyl (C=O) groups excluding carboxylic acids is 1. The zero-order chi connectivity index (χ0) is 17.0. The predicted molar refractivity (Wildman–Crippen MR) is 90.9 cm³/mol. The van der Waals surface area contributed by atoms with Crippen molar-refractivity contribution in [2.24, 2.45) is 0 Å². The van der Waals surface area contributed by atoms with E-state index in [9.17, 15) is 17.6 Å². The third kappa shape index (κ3) is 5.02. The number of anilines is 1. The van der Waals surface area contributed by atoms with Crippen molar-refractivity contribution in [1.82, 2.24) is 0 Å². The van der Waals surface area contributed by atoms with Gasteiger partial charge in [-0.25, -0.2) is 12.8 Å². The maximum atomic E-state index is 13.0. The van der Waals surface area contributed by atoms with Gasteiger partial charge in [0.05, 0.1) is 15.7 Å². The summed E-state index contributed by atoms with van der Waals surface area (Å²) in [5.41, 5.74) is 0.308. The topological polar surface area (TPSA) is 63.2 Å². The summed E-state index contributed by atoms with van der Waals surface area (Å²) in [4.78, 5) is 12.0. The Kier molecular flexibility index (Phi) is 5.78. The van der Waals surface area contributed by atoms with Crippen LogP contribution in [0.25, 0.3) is 0 Å². The summed E-state index contributed by atoms with van der Waals surface area (Å²) in [5, 5.41) is 2.36. The molecule has 2 aromatic rings. The van der Waals surface area contributed by atoms with Crippen LogP contribution in [0.3, 0.4) is 0 Å². The molecule has 0 atom stereocenters. The molecule has 0 radical (unpaired) electrons. The van der Waals surface area contributed by atoms with Crippen molar-refractivity contribution >= 4 is 49.0 Å². The summed E-state index contributed by atoms with van der Waals surface area (Å²) in [6, 6.07) is 9.91. The number of sulfone groups is 1. The lowest BCUT2D eigenvalue weighted by Crippen LogP contribution is -2.17. The summed E-state index contributed by atoms with van der Waals surface area (Å²) in [5.74, 6) is -1.41. The average Bonchev–Trinajstić information content (AvgIpc) is 2.50.